The summed E-state index contributed by atoms with van der Waals surface area (Å²) in [4.78, 5) is 27.3. The Kier molecular flexibility index (Phi) is 6.62. The lowest BCUT2D eigenvalue weighted by Gasteiger charge is -2.49. The molecule has 1 aliphatic heterocycles. The van der Waals surface area contributed by atoms with Gasteiger partial charge in [0, 0.05) is 6.54 Å². The SMILES string of the molecule is COc1cc(C)ccc1S(=O)(=O)NC(=O)C1(C)CCN1C(=O)Cc1ccc(C(C)(C)C)cc1. The number of nitrogens with zero attached hydrogens (tertiary/aromatic N) is 1. The van der Waals surface area contributed by atoms with Crippen molar-refractivity contribution in [2.75, 3.05) is 13.7 Å². The zero-order chi connectivity index (χ0) is 24.6. The predicted molar refractivity (Wildman–Crippen MR) is 127 cm³/mol. The third-order valence-electron chi connectivity index (χ3n) is 6.22. The van der Waals surface area contributed by atoms with Gasteiger partial charge in [0.1, 0.15) is 16.2 Å². The molecular weight excluding hydrogens is 440 g/mol. The minimum absolute atomic E-state index is 0.0162. The third-order valence-corrected chi connectivity index (χ3v) is 7.59. The zero-order valence-corrected chi connectivity index (χ0v) is 20.9. The van der Waals surface area contributed by atoms with Crippen molar-refractivity contribution in [2.45, 2.75) is 63.3 Å². The molecule has 3 rings (SSSR count). The molecule has 2 aromatic carbocycles. The van der Waals surface area contributed by atoms with Gasteiger partial charge in [-0.1, -0.05) is 51.1 Å². The van der Waals surface area contributed by atoms with Crippen LogP contribution in [0.25, 0.3) is 0 Å². The van der Waals surface area contributed by atoms with Gasteiger partial charge in [-0.25, -0.2) is 13.1 Å². The Labute approximate surface area is 196 Å². The molecule has 7 nitrogen and oxygen atoms in total. The maximum absolute atomic E-state index is 13.0. The maximum atomic E-state index is 13.0. The van der Waals surface area contributed by atoms with Gasteiger partial charge in [0.15, 0.2) is 0 Å². The fourth-order valence-electron chi connectivity index (χ4n) is 3.87. The van der Waals surface area contributed by atoms with E-state index in [9.17, 15) is 18.0 Å². The van der Waals surface area contributed by atoms with Crippen LogP contribution in [0.3, 0.4) is 0 Å². The number of hydrogen-bond acceptors (Lipinski definition) is 5. The molecule has 0 radical (unpaired) electrons. The zero-order valence-electron chi connectivity index (χ0n) is 20.1. The van der Waals surface area contributed by atoms with Gasteiger partial charge in [0.2, 0.25) is 5.91 Å². The summed E-state index contributed by atoms with van der Waals surface area (Å²) in [6.45, 7) is 10.2. The van der Waals surface area contributed by atoms with Crippen LogP contribution in [0.4, 0.5) is 0 Å². The Morgan fingerprint density at radius 1 is 1.12 bits per heavy atom. The van der Waals surface area contributed by atoms with Crippen LogP contribution in [0, 0.1) is 6.92 Å². The minimum Gasteiger partial charge on any atom is -0.495 e. The van der Waals surface area contributed by atoms with Gasteiger partial charge in [0.05, 0.1) is 13.5 Å². The molecule has 1 fully saturated rings. The number of carbonyl (C=O) groups is 2. The molecule has 1 saturated heterocycles. The van der Waals surface area contributed by atoms with E-state index in [1.807, 2.05) is 31.2 Å². The highest BCUT2D eigenvalue weighted by Gasteiger charge is 2.50. The second kappa shape index (κ2) is 8.82. The Balaban J connectivity index is 1.73. The van der Waals surface area contributed by atoms with Crippen molar-refractivity contribution in [3.05, 3.63) is 59.2 Å². The fourth-order valence-corrected chi connectivity index (χ4v) is 5.10. The highest BCUT2D eigenvalue weighted by Crippen LogP contribution is 2.33. The van der Waals surface area contributed by atoms with E-state index in [-0.39, 0.29) is 28.4 Å². The van der Waals surface area contributed by atoms with E-state index in [2.05, 4.69) is 25.5 Å². The Morgan fingerprint density at radius 3 is 2.27 bits per heavy atom. The van der Waals surface area contributed by atoms with Crippen LogP contribution in [-0.2, 0) is 31.4 Å². The molecule has 33 heavy (non-hydrogen) atoms. The van der Waals surface area contributed by atoms with Gasteiger partial charge in [0.25, 0.3) is 15.9 Å². The number of ether oxygens (including phenoxy) is 1. The van der Waals surface area contributed by atoms with E-state index >= 15 is 0 Å². The van der Waals surface area contributed by atoms with Gasteiger partial charge in [-0.3, -0.25) is 9.59 Å². The van der Waals surface area contributed by atoms with Crippen LogP contribution < -0.4 is 9.46 Å². The van der Waals surface area contributed by atoms with Gasteiger partial charge >= 0.3 is 0 Å². The number of nitrogens with one attached hydrogen (secondary N) is 1. The molecule has 1 unspecified atom stereocenters. The number of benzene rings is 2. The van der Waals surface area contributed by atoms with Gasteiger partial charge < -0.3 is 9.64 Å². The Morgan fingerprint density at radius 2 is 1.76 bits per heavy atom. The molecule has 0 aromatic heterocycles. The first-order chi connectivity index (χ1) is 15.3. The molecule has 0 aliphatic carbocycles. The topological polar surface area (TPSA) is 92.8 Å². The number of methoxy groups -OCH3 is 1. The number of rotatable bonds is 6. The van der Waals surface area contributed by atoms with Crippen LogP contribution in [0.2, 0.25) is 0 Å². The minimum atomic E-state index is -4.17. The first kappa shape index (κ1) is 24.8. The Hall–Kier alpha value is -2.87. The van der Waals surface area contributed by atoms with Gasteiger partial charge in [-0.05, 0) is 54.5 Å². The predicted octanol–water partition coefficient (Wildman–Crippen LogP) is 3.34. The lowest BCUT2D eigenvalue weighted by atomic mass is 9.84. The van der Waals surface area contributed by atoms with Crippen molar-refractivity contribution >= 4 is 21.8 Å². The molecule has 0 spiro atoms. The van der Waals surface area contributed by atoms with Crippen molar-refractivity contribution in [1.82, 2.24) is 9.62 Å². The summed E-state index contributed by atoms with van der Waals surface area (Å²) in [7, 11) is -2.80. The molecule has 1 N–H and O–H groups in total. The van der Waals surface area contributed by atoms with Crippen LogP contribution in [0.5, 0.6) is 5.75 Å². The van der Waals surface area contributed by atoms with E-state index in [1.54, 1.807) is 19.1 Å². The summed E-state index contributed by atoms with van der Waals surface area (Å²) in [6, 6.07) is 12.5. The normalized spacial score (nSPS) is 18.4. The largest absolute Gasteiger partial charge is 0.495 e. The van der Waals surface area contributed by atoms with Crippen molar-refractivity contribution in [3.63, 3.8) is 0 Å². The standard InChI is InChI=1S/C25H32N2O5S/c1-17-7-12-21(20(15-17)32-6)33(30,31)26-23(29)25(5)13-14-27(25)22(28)16-18-8-10-19(11-9-18)24(2,3)4/h7-12,15H,13-14,16H2,1-6H3,(H,26,29). The average Bonchev–Trinajstić information content (AvgIpc) is 2.71. The molecule has 2 amide bonds. The van der Waals surface area contributed by atoms with Crippen LogP contribution in [-0.4, -0.2) is 44.3 Å². The average molecular weight is 473 g/mol. The molecule has 2 aromatic rings. The summed E-state index contributed by atoms with van der Waals surface area (Å²) < 4.78 is 33.1. The van der Waals surface area contributed by atoms with E-state index in [0.717, 1.165) is 11.1 Å². The quantitative estimate of drug-likeness (QED) is 0.696. The highest BCUT2D eigenvalue weighted by molar-refractivity contribution is 7.90. The van der Waals surface area contributed by atoms with Crippen LogP contribution >= 0.6 is 0 Å². The molecular formula is C25H32N2O5S. The van der Waals surface area contributed by atoms with Crippen molar-refractivity contribution in [3.8, 4) is 5.75 Å². The number of amides is 2. The highest BCUT2D eigenvalue weighted by atomic mass is 32.2. The number of aryl methyl sites for hydroxylation is 1. The summed E-state index contributed by atoms with van der Waals surface area (Å²) in [5.41, 5.74) is 1.63. The van der Waals surface area contributed by atoms with Crippen molar-refractivity contribution < 1.29 is 22.7 Å². The summed E-state index contributed by atoms with van der Waals surface area (Å²) in [5.74, 6) is -0.791. The first-order valence-electron chi connectivity index (χ1n) is 10.9. The Bertz CT molecular complexity index is 1170. The third kappa shape index (κ3) is 5.05. The summed E-state index contributed by atoms with van der Waals surface area (Å²) in [6.07, 6.45) is 0.528. The number of hydrogen-bond donors (Lipinski definition) is 1. The molecule has 8 heteroatoms. The van der Waals surface area contributed by atoms with E-state index in [0.29, 0.717) is 13.0 Å². The number of likely N-dealkylation sites (tertiary alicyclic amines) is 1. The van der Waals surface area contributed by atoms with E-state index in [1.165, 1.54) is 23.6 Å². The van der Waals surface area contributed by atoms with Gasteiger partial charge in [-0.15, -0.1) is 0 Å². The van der Waals surface area contributed by atoms with E-state index < -0.39 is 21.5 Å². The molecule has 1 aliphatic rings. The lowest BCUT2D eigenvalue weighted by Crippen LogP contribution is -2.68. The number of sulfonamides is 1. The van der Waals surface area contributed by atoms with Crippen LogP contribution in [0.15, 0.2) is 47.4 Å². The van der Waals surface area contributed by atoms with E-state index in [4.69, 9.17) is 4.74 Å². The molecule has 1 heterocycles. The smallest absolute Gasteiger partial charge is 0.267 e. The van der Waals surface area contributed by atoms with Crippen LogP contribution in [0.1, 0.15) is 50.8 Å². The monoisotopic (exact) mass is 472 g/mol. The maximum Gasteiger partial charge on any atom is 0.267 e. The second-order valence-corrected chi connectivity index (χ2v) is 11.4. The second-order valence-electron chi connectivity index (χ2n) is 9.78. The fraction of sp³-hybridized carbons (Fsp3) is 0.440. The molecule has 0 saturated carbocycles. The lowest BCUT2D eigenvalue weighted by molar-refractivity contribution is -0.156. The molecule has 0 bridgehead atoms. The molecule has 178 valence electrons. The first-order valence-corrected chi connectivity index (χ1v) is 12.4. The molecule has 1 atom stereocenters. The number of carbonyl (C=O) groups excluding carboxylic acids is 2. The van der Waals surface area contributed by atoms with Crippen molar-refractivity contribution in [1.29, 1.82) is 0 Å². The van der Waals surface area contributed by atoms with Crippen molar-refractivity contribution in [2.24, 2.45) is 0 Å². The summed E-state index contributed by atoms with van der Waals surface area (Å²) >= 11 is 0. The summed E-state index contributed by atoms with van der Waals surface area (Å²) in [5, 5.41) is 0. The van der Waals surface area contributed by atoms with Gasteiger partial charge in [-0.2, -0.15) is 0 Å².